The Morgan fingerprint density at radius 3 is 2.29 bits per heavy atom. The van der Waals surface area contributed by atoms with Crippen LogP contribution in [-0.2, 0) is 22.6 Å². The van der Waals surface area contributed by atoms with Gasteiger partial charge in [0.1, 0.15) is 0 Å². The maximum atomic E-state index is 10.5. The van der Waals surface area contributed by atoms with Crippen molar-refractivity contribution in [1.82, 2.24) is 9.78 Å². The molecule has 1 aromatic heterocycles. The van der Waals surface area contributed by atoms with Gasteiger partial charge in [-0.1, -0.05) is 0 Å². The number of aryl methyl sites for hydroxylation is 2. The molecule has 0 fully saturated rings. The fourth-order valence-corrected chi connectivity index (χ4v) is 1.75. The predicted molar refractivity (Wildman–Crippen MR) is 59.9 cm³/mol. The van der Waals surface area contributed by atoms with Gasteiger partial charge in [-0.2, -0.15) is 5.10 Å². The number of rotatable bonds is 6. The third-order valence-electron chi connectivity index (χ3n) is 2.66. The summed E-state index contributed by atoms with van der Waals surface area (Å²) in [6, 6.07) is 0. The molecule has 1 heterocycles. The van der Waals surface area contributed by atoms with Gasteiger partial charge >= 0.3 is 11.9 Å². The lowest BCUT2D eigenvalue weighted by atomic mass is 10.1. The molecule has 17 heavy (non-hydrogen) atoms. The lowest BCUT2D eigenvalue weighted by Gasteiger charge is -2.03. The number of nitrogens with zero attached hydrogens (tertiary/aromatic N) is 2. The zero-order valence-electron chi connectivity index (χ0n) is 9.93. The van der Waals surface area contributed by atoms with E-state index in [9.17, 15) is 9.59 Å². The molecule has 2 N–H and O–H groups in total. The average molecular weight is 240 g/mol. The van der Waals surface area contributed by atoms with E-state index in [0.29, 0.717) is 13.0 Å². The van der Waals surface area contributed by atoms with Crippen LogP contribution in [0.1, 0.15) is 29.8 Å². The first kappa shape index (κ1) is 13.2. The lowest BCUT2D eigenvalue weighted by Crippen LogP contribution is -2.08. The molecule has 0 bridgehead atoms. The summed E-state index contributed by atoms with van der Waals surface area (Å²) in [4.78, 5) is 21.0. The van der Waals surface area contributed by atoms with Gasteiger partial charge in [0.25, 0.3) is 0 Å². The van der Waals surface area contributed by atoms with Gasteiger partial charge < -0.3 is 10.2 Å². The Hall–Kier alpha value is -1.85. The largest absolute Gasteiger partial charge is 0.481 e. The summed E-state index contributed by atoms with van der Waals surface area (Å²) in [5.41, 5.74) is 2.52. The van der Waals surface area contributed by atoms with Crippen molar-refractivity contribution in [2.45, 2.75) is 39.7 Å². The second kappa shape index (κ2) is 5.47. The van der Waals surface area contributed by atoms with E-state index in [4.69, 9.17) is 10.2 Å². The summed E-state index contributed by atoms with van der Waals surface area (Å²) in [6.45, 7) is 3.95. The Morgan fingerprint density at radius 1 is 1.18 bits per heavy atom. The highest BCUT2D eigenvalue weighted by molar-refractivity contribution is 5.67. The standard InChI is InChI=1S/C11H16N2O4/c1-7-9(3-4-10(14)15)8(2)13(12-7)6-5-11(16)17/h3-6H2,1-2H3,(H,14,15)(H,16,17). The van der Waals surface area contributed by atoms with Crippen LogP contribution in [0.15, 0.2) is 0 Å². The zero-order chi connectivity index (χ0) is 13.0. The Labute approximate surface area is 98.9 Å². The molecule has 1 aromatic rings. The normalized spacial score (nSPS) is 10.5. The van der Waals surface area contributed by atoms with Crippen molar-refractivity contribution in [3.63, 3.8) is 0 Å². The molecule has 0 aromatic carbocycles. The third kappa shape index (κ3) is 3.58. The molecule has 94 valence electrons. The van der Waals surface area contributed by atoms with Crippen molar-refractivity contribution < 1.29 is 19.8 Å². The Balaban J connectivity index is 2.78. The van der Waals surface area contributed by atoms with Crippen molar-refractivity contribution in [2.24, 2.45) is 0 Å². The fraction of sp³-hybridized carbons (Fsp3) is 0.545. The van der Waals surface area contributed by atoms with Crippen LogP contribution in [0.5, 0.6) is 0 Å². The van der Waals surface area contributed by atoms with E-state index in [2.05, 4.69) is 5.10 Å². The highest BCUT2D eigenvalue weighted by Gasteiger charge is 2.13. The summed E-state index contributed by atoms with van der Waals surface area (Å²) < 4.78 is 1.63. The highest BCUT2D eigenvalue weighted by Crippen LogP contribution is 2.15. The molecule has 1 rings (SSSR count). The summed E-state index contributed by atoms with van der Waals surface area (Å²) in [6.07, 6.45) is 0.507. The third-order valence-corrected chi connectivity index (χ3v) is 2.66. The molecule has 0 amide bonds. The van der Waals surface area contributed by atoms with Gasteiger partial charge in [0.05, 0.1) is 18.7 Å². The van der Waals surface area contributed by atoms with E-state index in [-0.39, 0.29) is 12.8 Å². The number of aromatic nitrogens is 2. The van der Waals surface area contributed by atoms with Crippen LogP contribution < -0.4 is 0 Å². The minimum Gasteiger partial charge on any atom is -0.481 e. The second-order valence-electron chi connectivity index (χ2n) is 3.91. The molecule has 0 radical (unpaired) electrons. The number of carboxylic acids is 2. The van der Waals surface area contributed by atoms with Gasteiger partial charge in [-0.25, -0.2) is 0 Å². The van der Waals surface area contributed by atoms with Gasteiger partial charge in [-0.3, -0.25) is 14.3 Å². The number of hydrogen-bond donors (Lipinski definition) is 2. The summed E-state index contributed by atoms with van der Waals surface area (Å²) in [7, 11) is 0. The molecule has 0 aliphatic heterocycles. The lowest BCUT2D eigenvalue weighted by molar-refractivity contribution is -0.138. The molecule has 6 heteroatoms. The maximum Gasteiger partial charge on any atom is 0.305 e. The molecule has 0 unspecified atom stereocenters. The molecule has 0 saturated heterocycles. The quantitative estimate of drug-likeness (QED) is 0.773. The van der Waals surface area contributed by atoms with Crippen LogP contribution in [0.3, 0.4) is 0 Å². The predicted octanol–water partition coefficient (Wildman–Crippen LogP) is 0.992. The number of carboxylic acid groups (broad SMARTS) is 2. The average Bonchev–Trinajstić information content (AvgIpc) is 2.48. The molecule has 6 nitrogen and oxygen atoms in total. The minimum atomic E-state index is -0.871. The van der Waals surface area contributed by atoms with Crippen molar-refractivity contribution >= 4 is 11.9 Å². The first-order chi connectivity index (χ1) is 7.91. The van der Waals surface area contributed by atoms with Gasteiger partial charge in [0.15, 0.2) is 0 Å². The van der Waals surface area contributed by atoms with Crippen LogP contribution in [-0.4, -0.2) is 31.9 Å². The van der Waals surface area contributed by atoms with E-state index in [1.54, 1.807) is 11.6 Å². The van der Waals surface area contributed by atoms with Crippen LogP contribution >= 0.6 is 0 Å². The van der Waals surface area contributed by atoms with Gasteiger partial charge in [0.2, 0.25) is 0 Å². The highest BCUT2D eigenvalue weighted by atomic mass is 16.4. The summed E-state index contributed by atoms with van der Waals surface area (Å²) >= 11 is 0. The van der Waals surface area contributed by atoms with Crippen LogP contribution in [0.25, 0.3) is 0 Å². The Morgan fingerprint density at radius 2 is 1.76 bits per heavy atom. The summed E-state index contributed by atoms with van der Waals surface area (Å²) in [5.74, 6) is -1.72. The first-order valence-electron chi connectivity index (χ1n) is 5.38. The molecule has 0 spiro atoms. The SMILES string of the molecule is Cc1nn(CCC(=O)O)c(C)c1CCC(=O)O. The van der Waals surface area contributed by atoms with Gasteiger partial charge in [0, 0.05) is 12.1 Å². The first-order valence-corrected chi connectivity index (χ1v) is 5.38. The van der Waals surface area contributed by atoms with Crippen LogP contribution in [0.2, 0.25) is 0 Å². The number of carbonyl (C=O) groups is 2. The summed E-state index contributed by atoms with van der Waals surface area (Å²) in [5, 5.41) is 21.5. The minimum absolute atomic E-state index is 0.0142. The van der Waals surface area contributed by atoms with E-state index in [1.165, 1.54) is 0 Å². The number of hydrogen-bond acceptors (Lipinski definition) is 3. The van der Waals surface area contributed by atoms with E-state index in [1.807, 2.05) is 6.92 Å². The molecule has 0 atom stereocenters. The van der Waals surface area contributed by atoms with Crippen LogP contribution in [0.4, 0.5) is 0 Å². The Bertz CT molecular complexity index is 437. The Kier molecular flexibility index (Phi) is 4.25. The van der Waals surface area contributed by atoms with Crippen molar-refractivity contribution in [1.29, 1.82) is 0 Å². The van der Waals surface area contributed by atoms with Crippen LogP contribution in [0, 0.1) is 13.8 Å². The van der Waals surface area contributed by atoms with Gasteiger partial charge in [-0.15, -0.1) is 0 Å². The van der Waals surface area contributed by atoms with Gasteiger partial charge in [-0.05, 0) is 25.8 Å². The topological polar surface area (TPSA) is 92.4 Å². The maximum absolute atomic E-state index is 10.5. The molecular formula is C11H16N2O4. The second-order valence-corrected chi connectivity index (χ2v) is 3.91. The van der Waals surface area contributed by atoms with Crippen molar-refractivity contribution in [3.05, 3.63) is 17.0 Å². The molecule has 0 saturated carbocycles. The molecule has 0 aliphatic rings. The van der Waals surface area contributed by atoms with E-state index >= 15 is 0 Å². The molecular weight excluding hydrogens is 224 g/mol. The monoisotopic (exact) mass is 240 g/mol. The van der Waals surface area contributed by atoms with E-state index < -0.39 is 11.9 Å². The van der Waals surface area contributed by atoms with Crippen molar-refractivity contribution in [2.75, 3.05) is 0 Å². The smallest absolute Gasteiger partial charge is 0.305 e. The zero-order valence-corrected chi connectivity index (χ0v) is 9.93. The number of aliphatic carboxylic acids is 2. The fourth-order valence-electron chi connectivity index (χ4n) is 1.75. The van der Waals surface area contributed by atoms with Crippen molar-refractivity contribution in [3.8, 4) is 0 Å². The van der Waals surface area contributed by atoms with E-state index in [0.717, 1.165) is 17.0 Å². The molecule has 0 aliphatic carbocycles.